The van der Waals surface area contributed by atoms with Crippen molar-refractivity contribution in [3.8, 4) is 0 Å². The third-order valence-electron chi connectivity index (χ3n) is 12.4. The molecule has 0 saturated heterocycles. The van der Waals surface area contributed by atoms with Crippen molar-refractivity contribution in [3.63, 3.8) is 0 Å². The van der Waals surface area contributed by atoms with Gasteiger partial charge in [-0.1, -0.05) is 65.5 Å². The Labute approximate surface area is 267 Å². The van der Waals surface area contributed by atoms with Crippen LogP contribution in [-0.4, -0.2) is 30.8 Å². The van der Waals surface area contributed by atoms with Crippen molar-refractivity contribution in [2.45, 2.75) is 151 Å². The van der Waals surface area contributed by atoms with Gasteiger partial charge in [0.1, 0.15) is 6.10 Å². The molecule has 3 saturated carbocycles. The first kappa shape index (κ1) is 35.0. The van der Waals surface area contributed by atoms with E-state index in [2.05, 4.69) is 40.7 Å². The third-order valence-corrected chi connectivity index (χ3v) is 12.4. The fourth-order valence-corrected chi connectivity index (χ4v) is 10.0. The van der Waals surface area contributed by atoms with Gasteiger partial charge in [0.25, 0.3) is 0 Å². The molecule has 0 N–H and O–H groups in total. The van der Waals surface area contributed by atoms with Crippen molar-refractivity contribution >= 4 is 17.9 Å². The van der Waals surface area contributed by atoms with Gasteiger partial charge < -0.3 is 14.2 Å². The first-order valence-electron chi connectivity index (χ1n) is 17.9. The highest BCUT2D eigenvalue weighted by molar-refractivity contribution is 5.78. The van der Waals surface area contributed by atoms with Crippen molar-refractivity contribution in [2.24, 2.45) is 51.8 Å². The number of ether oxygens (including phenoxy) is 3. The van der Waals surface area contributed by atoms with E-state index in [1.807, 2.05) is 0 Å². The number of hydrogen-bond acceptors (Lipinski definition) is 6. The van der Waals surface area contributed by atoms with E-state index in [1.165, 1.54) is 50.5 Å². The van der Waals surface area contributed by atoms with Gasteiger partial charge in [-0.2, -0.15) is 0 Å². The SMILES string of the molecule is CC[C@]12CC[C@H](OC(=O)CCC(=O)OCOC(=O)C(C)(C)C)CC1=CC[C@@]1(C)[C@@H]3CC[C@H]([C@H](C)CCCC(C)C)C3CC[C@H]21. The van der Waals surface area contributed by atoms with Crippen LogP contribution in [0.25, 0.3) is 0 Å². The Morgan fingerprint density at radius 1 is 0.955 bits per heavy atom. The summed E-state index contributed by atoms with van der Waals surface area (Å²) in [5, 5.41) is 0. The van der Waals surface area contributed by atoms with Crippen LogP contribution < -0.4 is 0 Å². The van der Waals surface area contributed by atoms with Crippen molar-refractivity contribution < 1.29 is 28.6 Å². The highest BCUT2D eigenvalue weighted by atomic mass is 16.7. The molecule has 6 nitrogen and oxygen atoms in total. The number of allylic oxidation sites excluding steroid dienone is 1. The summed E-state index contributed by atoms with van der Waals surface area (Å²) in [4.78, 5) is 36.6. The number of esters is 3. The van der Waals surface area contributed by atoms with Gasteiger partial charge in [0, 0.05) is 6.42 Å². The number of fused-ring (bicyclic) bond motifs is 5. The molecule has 6 heteroatoms. The molecule has 8 atom stereocenters. The molecule has 0 heterocycles. The number of carbonyl (C=O) groups is 3. The molecule has 0 aromatic rings. The van der Waals surface area contributed by atoms with Gasteiger partial charge in [-0.05, 0) is 118 Å². The first-order chi connectivity index (χ1) is 20.7. The second-order valence-corrected chi connectivity index (χ2v) is 16.6. The zero-order valence-electron chi connectivity index (χ0n) is 29.2. The van der Waals surface area contributed by atoms with Crippen LogP contribution in [0.15, 0.2) is 11.6 Å². The highest BCUT2D eigenvalue weighted by Crippen LogP contribution is 2.69. The topological polar surface area (TPSA) is 78.9 Å². The molecule has 0 aromatic carbocycles. The fraction of sp³-hybridized carbons (Fsp3) is 0.868. The van der Waals surface area contributed by atoms with Crippen LogP contribution in [-0.2, 0) is 28.6 Å². The zero-order valence-corrected chi connectivity index (χ0v) is 29.2. The lowest BCUT2D eigenvalue weighted by Crippen LogP contribution is -2.54. The van der Waals surface area contributed by atoms with Crippen molar-refractivity contribution in [1.29, 1.82) is 0 Å². The van der Waals surface area contributed by atoms with E-state index in [9.17, 15) is 14.4 Å². The van der Waals surface area contributed by atoms with Gasteiger partial charge in [0.2, 0.25) is 6.79 Å². The molecular weight excluding hydrogens is 552 g/mol. The quantitative estimate of drug-likeness (QED) is 0.124. The Bertz CT molecular complexity index is 1050. The predicted octanol–water partition coefficient (Wildman–Crippen LogP) is 9.20. The molecule has 0 aliphatic heterocycles. The van der Waals surface area contributed by atoms with Crippen LogP contribution in [0.1, 0.15) is 145 Å². The molecule has 3 fully saturated rings. The van der Waals surface area contributed by atoms with E-state index in [-0.39, 0.29) is 30.3 Å². The fourth-order valence-electron chi connectivity index (χ4n) is 10.0. The second-order valence-electron chi connectivity index (χ2n) is 16.6. The smallest absolute Gasteiger partial charge is 0.314 e. The standard InChI is InChI=1S/C38H62O6/c1-9-38-22-20-28(44-34(40)18-17-33(39)42-24-43-35(41)36(5,6)7)23-27(38)19-21-37(8)31-15-13-29(30(31)14-16-32(37)38)26(4)12-10-11-25(2)3/h19,25-26,28-32H,9-18,20-24H2,1-8H3/t26-,28+,29-,30?,31-,32+,37+,38+/m1/s1. The molecule has 0 spiro atoms. The number of hydrogen-bond donors (Lipinski definition) is 0. The van der Waals surface area contributed by atoms with E-state index >= 15 is 0 Å². The molecule has 0 amide bonds. The summed E-state index contributed by atoms with van der Waals surface area (Å²) in [5.74, 6) is 3.64. The lowest BCUT2D eigenvalue weighted by molar-refractivity contribution is -0.174. The van der Waals surface area contributed by atoms with Crippen molar-refractivity contribution in [3.05, 3.63) is 11.6 Å². The first-order valence-corrected chi connectivity index (χ1v) is 17.9. The summed E-state index contributed by atoms with van der Waals surface area (Å²) >= 11 is 0. The maximum atomic E-state index is 12.7. The molecule has 4 rings (SSSR count). The molecule has 250 valence electrons. The summed E-state index contributed by atoms with van der Waals surface area (Å²) in [6.07, 6.45) is 17.1. The van der Waals surface area contributed by atoms with Crippen molar-refractivity contribution in [2.75, 3.05) is 6.79 Å². The van der Waals surface area contributed by atoms with Crippen LogP contribution in [0.4, 0.5) is 0 Å². The van der Waals surface area contributed by atoms with Crippen LogP contribution in [0.2, 0.25) is 0 Å². The Morgan fingerprint density at radius 2 is 1.68 bits per heavy atom. The lowest BCUT2D eigenvalue weighted by Gasteiger charge is -2.62. The molecule has 0 radical (unpaired) electrons. The third kappa shape index (κ3) is 7.57. The van der Waals surface area contributed by atoms with Crippen LogP contribution in [0.3, 0.4) is 0 Å². The van der Waals surface area contributed by atoms with Crippen molar-refractivity contribution in [1.82, 2.24) is 0 Å². The zero-order chi connectivity index (χ0) is 32.3. The summed E-state index contributed by atoms with van der Waals surface area (Å²) in [6, 6.07) is 0. The van der Waals surface area contributed by atoms with Gasteiger partial charge in [-0.15, -0.1) is 0 Å². The summed E-state index contributed by atoms with van der Waals surface area (Å²) < 4.78 is 15.9. The average Bonchev–Trinajstić information content (AvgIpc) is 3.41. The maximum absolute atomic E-state index is 12.7. The Hall–Kier alpha value is -1.85. The van der Waals surface area contributed by atoms with E-state index in [4.69, 9.17) is 14.2 Å². The van der Waals surface area contributed by atoms with Crippen LogP contribution >= 0.6 is 0 Å². The van der Waals surface area contributed by atoms with Gasteiger partial charge in [0.05, 0.1) is 18.3 Å². The molecule has 4 aliphatic rings. The van der Waals surface area contributed by atoms with E-state index in [0.717, 1.165) is 67.6 Å². The van der Waals surface area contributed by atoms with Gasteiger partial charge in [0.15, 0.2) is 0 Å². The largest absolute Gasteiger partial charge is 0.462 e. The summed E-state index contributed by atoms with van der Waals surface area (Å²) in [6.45, 7) is 17.0. The van der Waals surface area contributed by atoms with Crippen LogP contribution in [0.5, 0.6) is 0 Å². The van der Waals surface area contributed by atoms with Gasteiger partial charge in [-0.25, -0.2) is 0 Å². The predicted molar refractivity (Wildman–Crippen MR) is 173 cm³/mol. The number of carbonyl (C=O) groups excluding carboxylic acids is 3. The molecule has 4 aliphatic carbocycles. The minimum absolute atomic E-state index is 0.0264. The van der Waals surface area contributed by atoms with Crippen LogP contribution in [0, 0.1) is 51.8 Å². The average molecular weight is 615 g/mol. The van der Waals surface area contributed by atoms with E-state index < -0.39 is 24.1 Å². The van der Waals surface area contributed by atoms with E-state index in [1.54, 1.807) is 20.8 Å². The molecule has 0 aromatic heterocycles. The highest BCUT2D eigenvalue weighted by Gasteiger charge is 2.61. The Morgan fingerprint density at radius 3 is 2.36 bits per heavy atom. The maximum Gasteiger partial charge on any atom is 0.314 e. The Kier molecular flexibility index (Phi) is 11.4. The van der Waals surface area contributed by atoms with Gasteiger partial charge >= 0.3 is 17.9 Å². The number of rotatable bonds is 12. The normalized spacial score (nSPS) is 33.8. The Balaban J connectivity index is 1.30. The second kappa shape index (κ2) is 14.3. The molecule has 0 bridgehead atoms. The summed E-state index contributed by atoms with van der Waals surface area (Å²) in [7, 11) is 0. The summed E-state index contributed by atoms with van der Waals surface area (Å²) in [5.41, 5.74) is 1.47. The van der Waals surface area contributed by atoms with E-state index in [0.29, 0.717) is 5.41 Å². The molecular formula is C38H62O6. The van der Waals surface area contributed by atoms with Gasteiger partial charge in [-0.3, -0.25) is 14.4 Å². The lowest BCUT2D eigenvalue weighted by atomic mass is 9.43. The minimum Gasteiger partial charge on any atom is -0.462 e. The minimum atomic E-state index is -0.664. The monoisotopic (exact) mass is 614 g/mol. The molecule has 1 unspecified atom stereocenters. The molecule has 44 heavy (non-hydrogen) atoms.